The average molecular weight is 313 g/mol. The average Bonchev–Trinajstić information content (AvgIpc) is 2.93. The number of rotatable bonds is 6. The SMILES string of the molecule is CC(C)(C)OCCN1CCOCC1CC(O)c1cccs1. The molecule has 1 fully saturated rings. The van der Waals surface area contributed by atoms with Gasteiger partial charge in [-0.3, -0.25) is 4.90 Å². The van der Waals surface area contributed by atoms with Crippen LogP contribution in [0.1, 0.15) is 38.2 Å². The lowest BCUT2D eigenvalue weighted by atomic mass is 10.1. The standard InChI is InChI=1S/C16H27NO3S/c1-16(2,3)20-9-7-17-6-8-19-12-13(17)11-14(18)15-5-4-10-21-15/h4-5,10,13-14,18H,6-9,11-12H2,1-3H3. The molecule has 2 atom stereocenters. The van der Waals surface area contributed by atoms with Crippen LogP contribution in [0.3, 0.4) is 0 Å². The minimum atomic E-state index is -0.400. The Labute approximate surface area is 131 Å². The van der Waals surface area contributed by atoms with Gasteiger partial charge in [0.1, 0.15) is 0 Å². The first-order valence-electron chi connectivity index (χ1n) is 7.63. The normalized spacial score (nSPS) is 22.4. The van der Waals surface area contributed by atoms with Gasteiger partial charge in [-0.15, -0.1) is 11.3 Å². The van der Waals surface area contributed by atoms with Gasteiger partial charge in [-0.05, 0) is 38.6 Å². The molecule has 2 unspecified atom stereocenters. The van der Waals surface area contributed by atoms with E-state index in [0.717, 1.165) is 37.6 Å². The second-order valence-corrected chi connectivity index (χ2v) is 7.47. The molecule has 1 aromatic rings. The molecule has 21 heavy (non-hydrogen) atoms. The number of aliphatic hydroxyl groups excluding tert-OH is 1. The van der Waals surface area contributed by atoms with E-state index in [-0.39, 0.29) is 11.6 Å². The predicted molar refractivity (Wildman–Crippen MR) is 85.8 cm³/mol. The highest BCUT2D eigenvalue weighted by molar-refractivity contribution is 7.10. The van der Waals surface area contributed by atoms with Gasteiger partial charge in [-0.1, -0.05) is 6.07 Å². The molecule has 0 aliphatic carbocycles. The zero-order valence-corrected chi connectivity index (χ0v) is 14.1. The smallest absolute Gasteiger partial charge is 0.0897 e. The summed E-state index contributed by atoms with van der Waals surface area (Å²) >= 11 is 1.61. The van der Waals surface area contributed by atoms with E-state index >= 15 is 0 Å². The van der Waals surface area contributed by atoms with Crippen LogP contribution in [-0.4, -0.2) is 54.6 Å². The van der Waals surface area contributed by atoms with Crippen molar-refractivity contribution in [3.05, 3.63) is 22.4 Å². The number of ether oxygens (including phenoxy) is 2. The molecule has 0 amide bonds. The molecule has 1 saturated heterocycles. The molecule has 1 aliphatic rings. The molecule has 1 N–H and O–H groups in total. The number of morpholine rings is 1. The summed E-state index contributed by atoms with van der Waals surface area (Å²) in [6.07, 6.45) is 0.318. The minimum absolute atomic E-state index is 0.0989. The second-order valence-electron chi connectivity index (χ2n) is 6.49. The van der Waals surface area contributed by atoms with E-state index in [9.17, 15) is 5.11 Å². The van der Waals surface area contributed by atoms with Crippen LogP contribution in [-0.2, 0) is 9.47 Å². The van der Waals surface area contributed by atoms with Crippen LogP contribution >= 0.6 is 11.3 Å². The number of nitrogens with zero attached hydrogens (tertiary/aromatic N) is 1. The van der Waals surface area contributed by atoms with E-state index in [4.69, 9.17) is 9.47 Å². The van der Waals surface area contributed by atoms with Gasteiger partial charge in [-0.25, -0.2) is 0 Å². The van der Waals surface area contributed by atoms with Gasteiger partial charge < -0.3 is 14.6 Å². The summed E-state index contributed by atoms with van der Waals surface area (Å²) < 4.78 is 11.4. The summed E-state index contributed by atoms with van der Waals surface area (Å²) in [5, 5.41) is 12.3. The van der Waals surface area contributed by atoms with Crippen LogP contribution in [0, 0.1) is 0 Å². The molecule has 1 aliphatic heterocycles. The van der Waals surface area contributed by atoms with Crippen molar-refractivity contribution in [3.63, 3.8) is 0 Å². The van der Waals surface area contributed by atoms with Crippen LogP contribution in [0.25, 0.3) is 0 Å². The molecule has 0 bridgehead atoms. The van der Waals surface area contributed by atoms with Gasteiger partial charge in [0.25, 0.3) is 0 Å². The maximum absolute atomic E-state index is 10.3. The van der Waals surface area contributed by atoms with Gasteiger partial charge >= 0.3 is 0 Å². The summed E-state index contributed by atoms with van der Waals surface area (Å²) in [5.74, 6) is 0. The van der Waals surface area contributed by atoms with Gasteiger partial charge in [-0.2, -0.15) is 0 Å². The van der Waals surface area contributed by atoms with Crippen LogP contribution in [0.5, 0.6) is 0 Å². The predicted octanol–water partition coefficient (Wildman–Crippen LogP) is 2.69. The molecule has 1 aromatic heterocycles. The summed E-state index contributed by atoms with van der Waals surface area (Å²) in [5.41, 5.74) is -0.0989. The molecule has 2 rings (SSSR count). The Bertz CT molecular complexity index is 402. The first-order chi connectivity index (χ1) is 9.96. The Kier molecular flexibility index (Phi) is 6.20. The third kappa shape index (κ3) is 5.68. The molecule has 0 spiro atoms. The topological polar surface area (TPSA) is 41.9 Å². The number of hydrogen-bond acceptors (Lipinski definition) is 5. The van der Waals surface area contributed by atoms with Gasteiger partial charge in [0.05, 0.1) is 31.5 Å². The monoisotopic (exact) mass is 313 g/mol. The number of aliphatic hydroxyl groups is 1. The highest BCUT2D eigenvalue weighted by Gasteiger charge is 2.26. The minimum Gasteiger partial charge on any atom is -0.388 e. The molecular weight excluding hydrogens is 286 g/mol. The Morgan fingerprint density at radius 1 is 1.52 bits per heavy atom. The van der Waals surface area contributed by atoms with E-state index in [1.54, 1.807) is 11.3 Å². The highest BCUT2D eigenvalue weighted by atomic mass is 32.1. The van der Waals surface area contributed by atoms with E-state index in [1.165, 1.54) is 0 Å². The van der Waals surface area contributed by atoms with E-state index in [1.807, 2.05) is 17.5 Å². The molecule has 2 heterocycles. The van der Waals surface area contributed by atoms with Crippen LogP contribution in [0.2, 0.25) is 0 Å². The number of thiophene rings is 1. The van der Waals surface area contributed by atoms with Gasteiger partial charge in [0.2, 0.25) is 0 Å². The molecule has 0 radical (unpaired) electrons. The molecular formula is C16H27NO3S. The maximum atomic E-state index is 10.3. The van der Waals surface area contributed by atoms with Crippen molar-refractivity contribution in [1.82, 2.24) is 4.90 Å². The number of hydrogen-bond donors (Lipinski definition) is 1. The van der Waals surface area contributed by atoms with Crippen molar-refractivity contribution in [2.75, 3.05) is 32.9 Å². The molecule has 120 valence electrons. The van der Waals surface area contributed by atoms with Gasteiger partial charge in [0.15, 0.2) is 0 Å². The maximum Gasteiger partial charge on any atom is 0.0897 e. The zero-order valence-electron chi connectivity index (χ0n) is 13.2. The van der Waals surface area contributed by atoms with Crippen molar-refractivity contribution in [3.8, 4) is 0 Å². The Morgan fingerprint density at radius 2 is 2.33 bits per heavy atom. The molecule has 5 heteroatoms. The molecule has 0 aromatic carbocycles. The fourth-order valence-electron chi connectivity index (χ4n) is 2.52. The van der Waals surface area contributed by atoms with Crippen LogP contribution in [0.15, 0.2) is 17.5 Å². The first kappa shape index (κ1) is 16.9. The first-order valence-corrected chi connectivity index (χ1v) is 8.51. The lowest BCUT2D eigenvalue weighted by Gasteiger charge is -2.37. The third-order valence-corrected chi connectivity index (χ3v) is 4.60. The van der Waals surface area contributed by atoms with Crippen LogP contribution in [0.4, 0.5) is 0 Å². The molecule has 4 nitrogen and oxygen atoms in total. The fourth-order valence-corrected chi connectivity index (χ4v) is 3.25. The van der Waals surface area contributed by atoms with Crippen molar-refractivity contribution >= 4 is 11.3 Å². The van der Waals surface area contributed by atoms with Crippen molar-refractivity contribution in [2.45, 2.75) is 44.9 Å². The zero-order chi connectivity index (χ0) is 15.3. The summed E-state index contributed by atoms with van der Waals surface area (Å²) in [6, 6.07) is 4.24. The molecule has 0 saturated carbocycles. The Balaban J connectivity index is 1.83. The van der Waals surface area contributed by atoms with Crippen LogP contribution < -0.4 is 0 Å². The summed E-state index contributed by atoms with van der Waals surface area (Å²) in [4.78, 5) is 3.41. The lowest BCUT2D eigenvalue weighted by molar-refractivity contribution is -0.0568. The van der Waals surface area contributed by atoms with E-state index < -0.39 is 6.10 Å². The lowest BCUT2D eigenvalue weighted by Crippen LogP contribution is -2.47. The van der Waals surface area contributed by atoms with Crippen molar-refractivity contribution in [2.24, 2.45) is 0 Å². The quantitative estimate of drug-likeness (QED) is 0.877. The Hall–Kier alpha value is -0.460. The third-order valence-electron chi connectivity index (χ3n) is 3.63. The Morgan fingerprint density at radius 3 is 3.00 bits per heavy atom. The largest absolute Gasteiger partial charge is 0.388 e. The summed E-state index contributed by atoms with van der Waals surface area (Å²) in [7, 11) is 0. The second kappa shape index (κ2) is 7.70. The van der Waals surface area contributed by atoms with E-state index in [2.05, 4.69) is 25.7 Å². The summed E-state index contributed by atoms with van der Waals surface area (Å²) in [6.45, 7) is 10.2. The van der Waals surface area contributed by atoms with E-state index in [0.29, 0.717) is 6.61 Å². The highest BCUT2D eigenvalue weighted by Crippen LogP contribution is 2.25. The fraction of sp³-hybridized carbons (Fsp3) is 0.750. The van der Waals surface area contributed by atoms with Gasteiger partial charge in [0, 0.05) is 24.0 Å². The van der Waals surface area contributed by atoms with Crippen molar-refractivity contribution < 1.29 is 14.6 Å². The van der Waals surface area contributed by atoms with Crippen molar-refractivity contribution in [1.29, 1.82) is 0 Å².